The molecule has 2 fully saturated rings. The maximum absolute atomic E-state index is 13.1. The molecule has 14 nitrogen and oxygen atoms in total. The Hall–Kier alpha value is -4.22. The Morgan fingerprint density at radius 1 is 1.16 bits per heavy atom. The van der Waals surface area contributed by atoms with E-state index >= 15 is 0 Å². The molecular weight excluding hydrogens is 552 g/mol. The molecular formula is C29H40N10O4. The normalized spacial score (nSPS) is 23.6. The highest BCUT2D eigenvalue weighted by atomic mass is 16.5. The number of benzene rings is 1. The number of carbonyl (C=O) groups excluding carboxylic acids is 2. The van der Waals surface area contributed by atoms with Crippen LogP contribution in [0.15, 0.2) is 52.4 Å². The summed E-state index contributed by atoms with van der Waals surface area (Å²) >= 11 is 0. The molecule has 1 aromatic rings. The van der Waals surface area contributed by atoms with E-state index in [1.54, 1.807) is 0 Å². The number of anilines is 1. The van der Waals surface area contributed by atoms with E-state index in [4.69, 9.17) is 20.5 Å². The topological polar surface area (TPSA) is 189 Å². The number of nitrogens with one attached hydrogen (secondary N) is 3. The Morgan fingerprint density at radius 3 is 2.74 bits per heavy atom. The lowest BCUT2D eigenvalue weighted by Gasteiger charge is -2.33. The average Bonchev–Trinajstić information content (AvgIpc) is 3.01. The number of hydrogen-bond donors (Lipinski definition) is 3. The molecule has 1 saturated carbocycles. The molecule has 0 radical (unpaired) electrons. The molecule has 4 rings (SSSR count). The third-order valence-electron chi connectivity index (χ3n) is 7.96. The number of alkyl carbamates (subject to hydrolysis) is 1. The van der Waals surface area contributed by atoms with Crippen molar-refractivity contribution in [3.63, 3.8) is 0 Å². The van der Waals surface area contributed by atoms with Crippen molar-refractivity contribution in [2.45, 2.75) is 57.7 Å². The summed E-state index contributed by atoms with van der Waals surface area (Å²) in [5.41, 5.74) is 20.0. The minimum atomic E-state index is -0.631. The number of piperazine rings is 1. The summed E-state index contributed by atoms with van der Waals surface area (Å²) < 4.78 is 11.4. The van der Waals surface area contributed by atoms with E-state index in [1.807, 2.05) is 30.4 Å². The Morgan fingerprint density at radius 2 is 1.98 bits per heavy atom. The van der Waals surface area contributed by atoms with Gasteiger partial charge in [0.2, 0.25) is 5.91 Å². The monoisotopic (exact) mass is 592 g/mol. The van der Waals surface area contributed by atoms with E-state index in [2.05, 4.69) is 53.9 Å². The molecule has 1 heterocycles. The third kappa shape index (κ3) is 10.2. The first-order chi connectivity index (χ1) is 20.9. The van der Waals surface area contributed by atoms with Crippen molar-refractivity contribution in [3.05, 3.63) is 74.2 Å². The van der Waals surface area contributed by atoms with Crippen LogP contribution in [0.25, 0.3) is 20.9 Å². The van der Waals surface area contributed by atoms with Crippen molar-refractivity contribution in [2.24, 2.45) is 22.1 Å². The van der Waals surface area contributed by atoms with Crippen molar-refractivity contribution in [1.29, 1.82) is 0 Å². The molecule has 2 amide bonds. The summed E-state index contributed by atoms with van der Waals surface area (Å²) in [7, 11) is 0. The lowest BCUT2D eigenvalue weighted by atomic mass is 9.86. The van der Waals surface area contributed by atoms with Gasteiger partial charge in [-0.25, -0.2) is 4.79 Å². The number of ether oxygens (including phenoxy) is 2. The number of nitrogens with zero attached hydrogens (tertiary/aromatic N) is 7. The van der Waals surface area contributed by atoms with Crippen LogP contribution in [0.4, 0.5) is 10.5 Å². The summed E-state index contributed by atoms with van der Waals surface area (Å²) in [4.78, 5) is 32.5. The molecule has 43 heavy (non-hydrogen) atoms. The quantitative estimate of drug-likeness (QED) is 0.173. The molecule has 1 aliphatic heterocycles. The van der Waals surface area contributed by atoms with Crippen LogP contribution in [0.5, 0.6) is 0 Å². The van der Waals surface area contributed by atoms with Crippen LogP contribution < -0.4 is 16.0 Å². The summed E-state index contributed by atoms with van der Waals surface area (Å²) in [6, 6.07) is 6.25. The van der Waals surface area contributed by atoms with Gasteiger partial charge in [-0.1, -0.05) is 22.4 Å². The number of aryl methyl sites for hydroxylation is 1. The minimum absolute atomic E-state index is 0.0000956. The second-order valence-electron chi connectivity index (χ2n) is 11.2. The van der Waals surface area contributed by atoms with Crippen LogP contribution in [0, 0.1) is 18.8 Å². The van der Waals surface area contributed by atoms with Crippen LogP contribution in [0.1, 0.15) is 43.2 Å². The lowest BCUT2D eigenvalue weighted by Crippen LogP contribution is -2.51. The molecule has 0 aromatic heterocycles. The fraction of sp³-hybridized carbons (Fsp3) is 0.586. The van der Waals surface area contributed by atoms with Gasteiger partial charge in [-0.3, -0.25) is 9.69 Å². The van der Waals surface area contributed by atoms with Crippen LogP contribution in [0.2, 0.25) is 0 Å². The lowest BCUT2D eigenvalue weighted by molar-refractivity contribution is -0.121. The second kappa shape index (κ2) is 16.4. The second-order valence-corrected chi connectivity index (χ2v) is 11.2. The molecule has 3 aliphatic rings. The Bertz CT molecular complexity index is 1280. The molecule has 0 bridgehead atoms. The number of carbonyl (C=O) groups is 2. The van der Waals surface area contributed by atoms with Crippen molar-refractivity contribution in [2.75, 3.05) is 44.8 Å². The van der Waals surface area contributed by atoms with Crippen LogP contribution in [-0.2, 0) is 20.8 Å². The predicted molar refractivity (Wildman–Crippen MR) is 162 cm³/mol. The van der Waals surface area contributed by atoms with Crippen LogP contribution in [0.3, 0.4) is 0 Å². The average molecular weight is 593 g/mol. The summed E-state index contributed by atoms with van der Waals surface area (Å²) in [6.45, 7) is 5.98. The van der Waals surface area contributed by atoms with Gasteiger partial charge in [0.15, 0.2) is 0 Å². The van der Waals surface area contributed by atoms with E-state index in [1.165, 1.54) is 5.56 Å². The molecule has 0 spiro atoms. The minimum Gasteiger partial charge on any atom is -0.491 e. The Labute approximate surface area is 251 Å². The number of hydrogen-bond acceptors (Lipinski definition) is 8. The van der Waals surface area contributed by atoms with Crippen LogP contribution in [-0.4, -0.2) is 68.5 Å². The largest absolute Gasteiger partial charge is 0.491 e. The van der Waals surface area contributed by atoms with Gasteiger partial charge in [0, 0.05) is 66.1 Å². The number of amides is 2. The summed E-state index contributed by atoms with van der Waals surface area (Å²) in [5, 5.41) is 15.8. The molecule has 2 aliphatic carbocycles. The zero-order valence-corrected chi connectivity index (χ0v) is 24.5. The third-order valence-corrected chi connectivity index (χ3v) is 7.96. The SMILES string of the molecule is Cc1cc(NC(=O)[C@H]2CC[C@H](OC3=CC(COC(=O)NCN=[N+]=[N-])CC=C3)CC2)ccc1CN1CCN[C@@H](CN=[N+]=[N-])C1. The van der Waals surface area contributed by atoms with Crippen molar-refractivity contribution >= 4 is 17.7 Å². The van der Waals surface area contributed by atoms with Gasteiger partial charge in [0.05, 0.1) is 19.4 Å². The highest BCUT2D eigenvalue weighted by Crippen LogP contribution is 2.30. The van der Waals surface area contributed by atoms with E-state index < -0.39 is 6.09 Å². The molecule has 1 aromatic carbocycles. The van der Waals surface area contributed by atoms with Crippen molar-refractivity contribution in [3.8, 4) is 0 Å². The Balaban J connectivity index is 1.19. The van der Waals surface area contributed by atoms with E-state index in [0.717, 1.165) is 75.3 Å². The van der Waals surface area contributed by atoms with E-state index in [-0.39, 0.29) is 43.2 Å². The fourth-order valence-corrected chi connectivity index (χ4v) is 5.64. The number of azide groups is 2. The molecule has 14 heteroatoms. The zero-order valence-electron chi connectivity index (χ0n) is 24.5. The van der Waals surface area contributed by atoms with E-state index in [0.29, 0.717) is 6.54 Å². The molecule has 1 saturated heterocycles. The van der Waals surface area contributed by atoms with Crippen molar-refractivity contribution in [1.82, 2.24) is 15.5 Å². The zero-order chi connectivity index (χ0) is 30.4. The summed E-state index contributed by atoms with van der Waals surface area (Å²) in [6.07, 6.45) is 9.12. The molecule has 3 N–H and O–H groups in total. The Kier molecular flexibility index (Phi) is 12.1. The van der Waals surface area contributed by atoms with Gasteiger partial charge in [0.25, 0.3) is 0 Å². The molecule has 2 atom stereocenters. The highest BCUT2D eigenvalue weighted by molar-refractivity contribution is 5.92. The number of allylic oxidation sites excluding steroid dienone is 2. The first kappa shape index (κ1) is 31.7. The first-order valence-corrected chi connectivity index (χ1v) is 14.8. The van der Waals surface area contributed by atoms with Gasteiger partial charge >= 0.3 is 6.09 Å². The van der Waals surface area contributed by atoms with Gasteiger partial charge in [-0.15, -0.1) is 0 Å². The van der Waals surface area contributed by atoms with Gasteiger partial charge in [-0.2, -0.15) is 0 Å². The van der Waals surface area contributed by atoms with Gasteiger partial charge < -0.3 is 25.4 Å². The van der Waals surface area contributed by atoms with E-state index in [9.17, 15) is 9.59 Å². The van der Waals surface area contributed by atoms with Gasteiger partial charge in [0.1, 0.15) is 5.76 Å². The number of rotatable bonds is 12. The highest BCUT2D eigenvalue weighted by Gasteiger charge is 2.28. The predicted octanol–water partition coefficient (Wildman–Crippen LogP) is 5.05. The standard InChI is InChI=1S/C29H40N10O4/c1-20-13-24(8-5-23(20)16-39-12-11-32-25(17-39)15-34-37-30)36-28(40)22-6-9-26(10-7-22)43-27-4-2-3-21(14-27)18-42-29(41)33-19-35-38-31/h2,4-5,8,13-14,21-22,25-26,32H,3,6-7,9-12,15-19H2,1H3,(H,33,41)(H,36,40)/t21?,22-,25-,26-/m0/s1. The maximum atomic E-state index is 13.1. The first-order valence-electron chi connectivity index (χ1n) is 14.8. The smallest absolute Gasteiger partial charge is 0.407 e. The van der Waals surface area contributed by atoms with Crippen LogP contribution >= 0.6 is 0 Å². The fourth-order valence-electron chi connectivity index (χ4n) is 5.64. The summed E-state index contributed by atoms with van der Waals surface area (Å²) in [5.74, 6) is 0.737. The van der Waals surface area contributed by atoms with Gasteiger partial charge in [-0.05, 0) is 85.5 Å². The maximum Gasteiger partial charge on any atom is 0.407 e. The van der Waals surface area contributed by atoms with Crippen molar-refractivity contribution < 1.29 is 19.1 Å². The molecule has 230 valence electrons. The molecule has 1 unspecified atom stereocenters.